The van der Waals surface area contributed by atoms with E-state index < -0.39 is 42.9 Å². The fourth-order valence-corrected chi connectivity index (χ4v) is 2.99. The Morgan fingerprint density at radius 1 is 1.19 bits per heavy atom. The molecule has 3 N–H and O–H groups in total. The normalized spacial score (nSPS) is 16.5. The van der Waals surface area contributed by atoms with Crippen LogP contribution in [-0.4, -0.2) is 54.3 Å². The average molecular weight is 416 g/mol. The molecule has 8 nitrogen and oxygen atoms in total. The fourth-order valence-electron chi connectivity index (χ4n) is 2.69. The maximum atomic E-state index is 12.2. The summed E-state index contributed by atoms with van der Waals surface area (Å²) < 4.78 is 4.87. The van der Waals surface area contributed by atoms with E-state index in [1.165, 1.54) is 23.1 Å². The van der Waals surface area contributed by atoms with Gasteiger partial charge in [0.2, 0.25) is 5.91 Å². The number of halogens is 2. The topological polar surface area (TPSA) is 119 Å². The molecule has 0 unspecified atom stereocenters. The molecule has 0 saturated carbocycles. The molecule has 1 aromatic carbocycles. The first-order valence-corrected chi connectivity index (χ1v) is 9.03. The van der Waals surface area contributed by atoms with E-state index in [4.69, 9.17) is 33.7 Å². The number of amides is 3. The van der Waals surface area contributed by atoms with Crippen LogP contribution in [-0.2, 0) is 19.1 Å². The molecule has 0 radical (unpaired) electrons. The molecule has 0 spiro atoms. The highest BCUT2D eigenvalue weighted by Crippen LogP contribution is 2.22. The second-order valence-electron chi connectivity index (χ2n) is 5.97. The lowest BCUT2D eigenvalue weighted by Gasteiger charge is -2.33. The molecule has 1 aliphatic rings. The van der Waals surface area contributed by atoms with Crippen molar-refractivity contribution in [2.75, 3.05) is 19.7 Å². The van der Waals surface area contributed by atoms with Crippen LogP contribution in [0.2, 0.25) is 10.0 Å². The first-order valence-electron chi connectivity index (χ1n) is 8.27. The average Bonchev–Trinajstić information content (AvgIpc) is 2.66. The summed E-state index contributed by atoms with van der Waals surface area (Å²) in [7, 11) is 0. The largest absolute Gasteiger partial charge is 0.454 e. The van der Waals surface area contributed by atoms with Crippen LogP contribution in [0.3, 0.4) is 0 Å². The second-order valence-corrected chi connectivity index (χ2v) is 6.79. The molecule has 10 heteroatoms. The number of piperidine rings is 1. The van der Waals surface area contributed by atoms with Crippen molar-refractivity contribution < 1.29 is 23.9 Å². The van der Waals surface area contributed by atoms with Crippen LogP contribution in [0.5, 0.6) is 0 Å². The number of hydrogen-bond donors (Lipinski definition) is 2. The first kappa shape index (κ1) is 21.0. The summed E-state index contributed by atoms with van der Waals surface area (Å²) in [6.45, 7) is -0.561. The number of rotatable bonds is 6. The predicted octanol–water partition coefficient (Wildman–Crippen LogP) is 1.13. The molecule has 27 heavy (non-hydrogen) atoms. The Hall–Kier alpha value is -2.32. The zero-order valence-corrected chi connectivity index (χ0v) is 15.9. The summed E-state index contributed by atoms with van der Waals surface area (Å²) in [5, 5.41) is 2.88. The molecule has 1 saturated heterocycles. The first-order chi connectivity index (χ1) is 12.8. The molecule has 1 aromatic rings. The number of ether oxygens (including phenoxy) is 1. The number of hydrogen-bond acceptors (Lipinski definition) is 5. The van der Waals surface area contributed by atoms with E-state index >= 15 is 0 Å². The smallest absolute Gasteiger partial charge is 0.325 e. The molecular weight excluding hydrogens is 397 g/mol. The Morgan fingerprint density at radius 2 is 1.93 bits per heavy atom. The van der Waals surface area contributed by atoms with Crippen molar-refractivity contribution >= 4 is 46.9 Å². The minimum absolute atomic E-state index is 0.211. The predicted molar refractivity (Wildman–Crippen MR) is 98.3 cm³/mol. The van der Waals surface area contributed by atoms with Crippen LogP contribution in [0, 0.1) is 0 Å². The van der Waals surface area contributed by atoms with E-state index in [1.54, 1.807) is 0 Å². The molecule has 3 amide bonds. The van der Waals surface area contributed by atoms with Gasteiger partial charge in [-0.15, -0.1) is 0 Å². The van der Waals surface area contributed by atoms with E-state index in [0.29, 0.717) is 18.0 Å². The van der Waals surface area contributed by atoms with E-state index in [0.717, 1.165) is 12.8 Å². The van der Waals surface area contributed by atoms with Crippen molar-refractivity contribution in [3.05, 3.63) is 33.8 Å². The van der Waals surface area contributed by atoms with Crippen molar-refractivity contribution in [2.45, 2.75) is 25.3 Å². The molecule has 1 heterocycles. The van der Waals surface area contributed by atoms with E-state index in [2.05, 4.69) is 5.32 Å². The number of nitrogens with two attached hydrogens (primary N) is 1. The zero-order valence-electron chi connectivity index (χ0n) is 14.4. The van der Waals surface area contributed by atoms with Gasteiger partial charge in [0.05, 0.1) is 10.0 Å². The van der Waals surface area contributed by atoms with Crippen LogP contribution < -0.4 is 11.1 Å². The Kier molecular flexibility index (Phi) is 7.44. The van der Waals surface area contributed by atoms with E-state index in [1.807, 2.05) is 0 Å². The Bertz CT molecular complexity index is 756. The van der Waals surface area contributed by atoms with Gasteiger partial charge in [0.25, 0.3) is 11.8 Å². The third-order valence-electron chi connectivity index (χ3n) is 4.08. The molecule has 146 valence electrons. The minimum Gasteiger partial charge on any atom is -0.454 e. The van der Waals surface area contributed by atoms with Crippen molar-refractivity contribution in [2.24, 2.45) is 5.73 Å². The lowest BCUT2D eigenvalue weighted by Crippen LogP contribution is -2.51. The van der Waals surface area contributed by atoms with Gasteiger partial charge in [-0.2, -0.15) is 0 Å². The highest BCUT2D eigenvalue weighted by molar-refractivity contribution is 6.42. The molecule has 2 rings (SSSR count). The van der Waals surface area contributed by atoms with Crippen LogP contribution in [0.15, 0.2) is 18.2 Å². The van der Waals surface area contributed by atoms with E-state index in [9.17, 15) is 19.2 Å². The molecule has 0 aliphatic carbocycles. The summed E-state index contributed by atoms with van der Waals surface area (Å²) >= 11 is 11.6. The van der Waals surface area contributed by atoms with Crippen LogP contribution in [0.4, 0.5) is 0 Å². The monoisotopic (exact) mass is 415 g/mol. The van der Waals surface area contributed by atoms with Crippen LogP contribution >= 0.6 is 23.2 Å². The van der Waals surface area contributed by atoms with Crippen LogP contribution in [0.1, 0.15) is 29.6 Å². The van der Waals surface area contributed by atoms with Crippen LogP contribution in [0.25, 0.3) is 0 Å². The third kappa shape index (κ3) is 5.83. The Morgan fingerprint density at radius 3 is 2.59 bits per heavy atom. The summed E-state index contributed by atoms with van der Waals surface area (Å²) in [5.41, 5.74) is 5.53. The maximum Gasteiger partial charge on any atom is 0.325 e. The van der Waals surface area contributed by atoms with Gasteiger partial charge in [0, 0.05) is 12.1 Å². The molecule has 0 aromatic heterocycles. The zero-order chi connectivity index (χ0) is 20.0. The number of carbonyl (C=O) groups is 4. The molecule has 1 atom stereocenters. The summed E-state index contributed by atoms with van der Waals surface area (Å²) in [6, 6.07) is 3.61. The van der Waals surface area contributed by atoms with Gasteiger partial charge in [-0.3, -0.25) is 19.2 Å². The molecule has 0 bridgehead atoms. The minimum atomic E-state index is -0.788. The summed E-state index contributed by atoms with van der Waals surface area (Å²) in [6.07, 6.45) is 2.05. The fraction of sp³-hybridized carbons (Fsp3) is 0.412. The van der Waals surface area contributed by atoms with Gasteiger partial charge >= 0.3 is 5.97 Å². The number of benzene rings is 1. The number of esters is 1. The van der Waals surface area contributed by atoms with Gasteiger partial charge in [-0.05, 0) is 37.5 Å². The lowest BCUT2D eigenvalue weighted by molar-refractivity contribution is -0.154. The lowest BCUT2D eigenvalue weighted by atomic mass is 10.0. The van der Waals surface area contributed by atoms with Gasteiger partial charge in [-0.1, -0.05) is 23.2 Å². The highest BCUT2D eigenvalue weighted by Gasteiger charge is 2.30. The molecule has 1 aliphatic heterocycles. The SMILES string of the molecule is NC(=O)[C@@H]1CCCCN1C(=O)COC(=O)CNC(=O)c1ccc(Cl)c(Cl)c1. The Labute approximate surface area is 165 Å². The number of nitrogens with zero attached hydrogens (tertiary/aromatic N) is 1. The maximum absolute atomic E-state index is 12.2. The summed E-state index contributed by atoms with van der Waals surface area (Å²) in [4.78, 5) is 48.6. The quantitative estimate of drug-likeness (QED) is 0.674. The number of likely N-dealkylation sites (tertiary alicyclic amines) is 1. The third-order valence-corrected chi connectivity index (χ3v) is 4.82. The van der Waals surface area contributed by atoms with Crippen molar-refractivity contribution in [1.29, 1.82) is 0 Å². The van der Waals surface area contributed by atoms with Crippen molar-refractivity contribution in [3.63, 3.8) is 0 Å². The van der Waals surface area contributed by atoms with Crippen molar-refractivity contribution in [1.82, 2.24) is 10.2 Å². The Balaban J connectivity index is 1.80. The van der Waals surface area contributed by atoms with Gasteiger partial charge in [-0.25, -0.2) is 0 Å². The summed E-state index contributed by atoms with van der Waals surface area (Å²) in [5.74, 6) is -2.41. The van der Waals surface area contributed by atoms with Gasteiger partial charge in [0.15, 0.2) is 6.61 Å². The van der Waals surface area contributed by atoms with Gasteiger partial charge < -0.3 is 20.7 Å². The van der Waals surface area contributed by atoms with Gasteiger partial charge in [0.1, 0.15) is 12.6 Å². The molecule has 1 fully saturated rings. The molecular formula is C17H19Cl2N3O5. The standard InChI is InChI=1S/C17H19Cl2N3O5/c18-11-5-4-10(7-12(11)19)17(26)21-8-15(24)27-9-14(23)22-6-2-1-3-13(22)16(20)25/h4-5,7,13H,1-3,6,8-9H2,(H2,20,25)(H,21,26)/t13-/m0/s1. The van der Waals surface area contributed by atoms with E-state index in [-0.39, 0.29) is 10.6 Å². The van der Waals surface area contributed by atoms with Crippen molar-refractivity contribution in [3.8, 4) is 0 Å². The second kappa shape index (κ2) is 9.57. The number of primary amides is 1. The highest BCUT2D eigenvalue weighted by atomic mass is 35.5. The number of carbonyl (C=O) groups excluding carboxylic acids is 4. The number of nitrogens with one attached hydrogen (secondary N) is 1.